The first-order chi connectivity index (χ1) is 10.4. The van der Waals surface area contributed by atoms with Gasteiger partial charge in [0.1, 0.15) is 16.4 Å². The molecule has 102 valence electrons. The highest BCUT2D eigenvalue weighted by molar-refractivity contribution is 7.99. The number of pyridine rings is 2. The number of aromatic nitrogens is 5. The maximum atomic E-state index is 11.4. The van der Waals surface area contributed by atoms with Crippen molar-refractivity contribution in [1.29, 1.82) is 0 Å². The zero-order valence-electron chi connectivity index (χ0n) is 10.7. The maximum absolute atomic E-state index is 11.4. The molecule has 4 heterocycles. The van der Waals surface area contributed by atoms with Crippen LogP contribution in [-0.4, -0.2) is 30.3 Å². The molecule has 0 radical (unpaired) electrons. The first-order valence-electron chi connectivity index (χ1n) is 6.27. The van der Waals surface area contributed by atoms with Crippen LogP contribution in [0.2, 0.25) is 0 Å². The number of aldehydes is 1. The van der Waals surface area contributed by atoms with Gasteiger partial charge < -0.3 is 0 Å². The van der Waals surface area contributed by atoms with Gasteiger partial charge >= 0.3 is 0 Å². The van der Waals surface area contributed by atoms with E-state index in [1.54, 1.807) is 4.40 Å². The summed E-state index contributed by atoms with van der Waals surface area (Å²) in [5.41, 5.74) is 2.01. The first kappa shape index (κ1) is 12.1. The zero-order chi connectivity index (χ0) is 14.2. The fraction of sp³-hybridized carbons (Fsp3) is 0. The van der Waals surface area contributed by atoms with Gasteiger partial charge in [0.25, 0.3) is 0 Å². The lowest BCUT2D eigenvalue weighted by Gasteiger charge is -1.97. The Balaban J connectivity index is 1.85. The lowest BCUT2D eigenvalue weighted by Crippen LogP contribution is -1.91. The number of fused-ring (bicyclic) bond motifs is 2. The first-order valence-corrected chi connectivity index (χ1v) is 7.08. The summed E-state index contributed by atoms with van der Waals surface area (Å²) >= 11 is 1.33. The molecule has 0 spiro atoms. The van der Waals surface area contributed by atoms with Gasteiger partial charge in [0.15, 0.2) is 11.9 Å². The molecule has 0 N–H and O–H groups in total. The maximum Gasteiger partial charge on any atom is 0.201 e. The Kier molecular flexibility index (Phi) is 2.71. The van der Waals surface area contributed by atoms with Crippen LogP contribution in [0.5, 0.6) is 0 Å². The molecule has 0 saturated carbocycles. The van der Waals surface area contributed by atoms with Crippen molar-refractivity contribution in [3.05, 3.63) is 54.5 Å². The molecule has 4 aromatic heterocycles. The normalized spacial score (nSPS) is 11.2. The fourth-order valence-corrected chi connectivity index (χ4v) is 3.05. The second kappa shape index (κ2) is 4.71. The van der Waals surface area contributed by atoms with Crippen molar-refractivity contribution in [3.63, 3.8) is 0 Å². The largest absolute Gasteiger partial charge is 0.296 e. The minimum Gasteiger partial charge on any atom is -0.296 e. The van der Waals surface area contributed by atoms with Gasteiger partial charge in [0.2, 0.25) is 5.16 Å². The third-order valence-corrected chi connectivity index (χ3v) is 4.07. The van der Waals surface area contributed by atoms with Gasteiger partial charge in [-0.1, -0.05) is 12.1 Å². The van der Waals surface area contributed by atoms with Crippen LogP contribution >= 0.6 is 11.8 Å². The van der Waals surface area contributed by atoms with Crippen molar-refractivity contribution in [2.75, 3.05) is 0 Å². The van der Waals surface area contributed by atoms with Crippen LogP contribution in [0.3, 0.4) is 0 Å². The average molecular weight is 295 g/mol. The molecule has 0 unspecified atom stereocenters. The molecular weight excluding hydrogens is 286 g/mol. The Labute approximate surface area is 123 Å². The lowest BCUT2D eigenvalue weighted by molar-refractivity contribution is 0.111. The van der Waals surface area contributed by atoms with E-state index >= 15 is 0 Å². The molecule has 0 bridgehead atoms. The number of rotatable bonds is 3. The van der Waals surface area contributed by atoms with Gasteiger partial charge in [-0.2, -0.15) is 0 Å². The number of carbonyl (C=O) groups excluding carboxylic acids is 1. The third-order valence-electron chi connectivity index (χ3n) is 3.12. The topological polar surface area (TPSA) is 64.6 Å². The van der Waals surface area contributed by atoms with Crippen molar-refractivity contribution in [1.82, 2.24) is 24.0 Å². The minimum absolute atomic E-state index is 0.517. The van der Waals surface area contributed by atoms with Crippen LogP contribution in [0.1, 0.15) is 10.5 Å². The summed E-state index contributed by atoms with van der Waals surface area (Å²) in [5, 5.41) is 9.54. The SMILES string of the molecule is O=Cc1c(Sc2nnc3ccccn23)nc2ccccn12. The molecule has 0 fully saturated rings. The van der Waals surface area contributed by atoms with E-state index in [4.69, 9.17) is 0 Å². The predicted octanol–water partition coefficient (Wildman–Crippen LogP) is 2.34. The Hall–Kier alpha value is -2.67. The predicted molar refractivity (Wildman–Crippen MR) is 77.7 cm³/mol. The van der Waals surface area contributed by atoms with E-state index in [9.17, 15) is 4.79 Å². The van der Waals surface area contributed by atoms with Crippen LogP contribution in [0.4, 0.5) is 0 Å². The summed E-state index contributed by atoms with van der Waals surface area (Å²) in [5.74, 6) is 0. The second-order valence-electron chi connectivity index (χ2n) is 4.36. The average Bonchev–Trinajstić information content (AvgIpc) is 3.09. The number of nitrogens with zero attached hydrogens (tertiary/aromatic N) is 5. The molecule has 0 aliphatic heterocycles. The van der Waals surface area contributed by atoms with Crippen LogP contribution in [0, 0.1) is 0 Å². The van der Waals surface area contributed by atoms with Crippen molar-refractivity contribution in [3.8, 4) is 0 Å². The highest BCUT2D eigenvalue weighted by Gasteiger charge is 2.15. The van der Waals surface area contributed by atoms with E-state index in [-0.39, 0.29) is 0 Å². The molecular formula is C14H9N5OS. The van der Waals surface area contributed by atoms with E-state index in [2.05, 4.69) is 15.2 Å². The van der Waals surface area contributed by atoms with E-state index in [0.29, 0.717) is 15.9 Å². The van der Waals surface area contributed by atoms with Crippen LogP contribution in [0.15, 0.2) is 59.0 Å². The lowest BCUT2D eigenvalue weighted by atomic mass is 10.4. The highest BCUT2D eigenvalue weighted by Crippen LogP contribution is 2.28. The molecule has 4 aromatic rings. The monoisotopic (exact) mass is 295 g/mol. The highest BCUT2D eigenvalue weighted by atomic mass is 32.2. The molecule has 0 amide bonds. The Bertz CT molecular complexity index is 958. The van der Waals surface area contributed by atoms with Crippen molar-refractivity contribution in [2.45, 2.75) is 10.2 Å². The number of carbonyl (C=O) groups is 1. The number of hydrogen-bond acceptors (Lipinski definition) is 5. The molecule has 0 aliphatic rings. The molecule has 6 nitrogen and oxygen atoms in total. The summed E-state index contributed by atoms with van der Waals surface area (Å²) in [7, 11) is 0. The summed E-state index contributed by atoms with van der Waals surface area (Å²) in [6, 6.07) is 11.3. The van der Waals surface area contributed by atoms with E-state index in [0.717, 1.165) is 17.6 Å². The van der Waals surface area contributed by atoms with E-state index < -0.39 is 0 Å². The van der Waals surface area contributed by atoms with Gasteiger partial charge in [-0.25, -0.2) is 4.98 Å². The van der Waals surface area contributed by atoms with Gasteiger partial charge in [0, 0.05) is 12.4 Å². The fourth-order valence-electron chi connectivity index (χ4n) is 2.15. The smallest absolute Gasteiger partial charge is 0.201 e. The molecule has 0 aliphatic carbocycles. The second-order valence-corrected chi connectivity index (χ2v) is 5.32. The molecule has 0 saturated heterocycles. The zero-order valence-corrected chi connectivity index (χ0v) is 11.6. The third kappa shape index (κ3) is 1.90. The summed E-state index contributed by atoms with van der Waals surface area (Å²) < 4.78 is 3.63. The van der Waals surface area contributed by atoms with Gasteiger partial charge in [-0.05, 0) is 36.0 Å². The Morgan fingerprint density at radius 1 is 0.952 bits per heavy atom. The quantitative estimate of drug-likeness (QED) is 0.543. The van der Waals surface area contributed by atoms with Crippen LogP contribution < -0.4 is 0 Å². The van der Waals surface area contributed by atoms with Gasteiger partial charge in [0.05, 0.1) is 0 Å². The number of hydrogen-bond donors (Lipinski definition) is 0. The van der Waals surface area contributed by atoms with Crippen LogP contribution in [0.25, 0.3) is 11.3 Å². The summed E-state index contributed by atoms with van der Waals surface area (Å²) in [4.78, 5) is 15.9. The van der Waals surface area contributed by atoms with Crippen molar-refractivity contribution < 1.29 is 4.79 Å². The van der Waals surface area contributed by atoms with E-state index in [1.807, 2.05) is 53.2 Å². The molecule has 7 heteroatoms. The van der Waals surface area contributed by atoms with Gasteiger partial charge in [-0.15, -0.1) is 10.2 Å². The molecule has 0 atom stereocenters. The summed E-state index contributed by atoms with van der Waals surface area (Å²) in [6.45, 7) is 0. The molecule has 4 rings (SSSR count). The van der Waals surface area contributed by atoms with Crippen molar-refractivity contribution >= 4 is 29.3 Å². The minimum atomic E-state index is 0.517. The Morgan fingerprint density at radius 3 is 2.52 bits per heavy atom. The van der Waals surface area contributed by atoms with E-state index in [1.165, 1.54) is 11.8 Å². The molecule has 0 aromatic carbocycles. The number of imidazole rings is 1. The molecule has 21 heavy (non-hydrogen) atoms. The standard InChI is InChI=1S/C14H9N5OS/c20-9-10-13(15-11-5-1-3-7-18(10)11)21-14-17-16-12-6-2-4-8-19(12)14/h1-9H. The van der Waals surface area contributed by atoms with Crippen molar-refractivity contribution in [2.24, 2.45) is 0 Å². The summed E-state index contributed by atoms with van der Waals surface area (Å²) in [6.07, 6.45) is 4.51. The van der Waals surface area contributed by atoms with Crippen LogP contribution in [-0.2, 0) is 0 Å². The Morgan fingerprint density at radius 2 is 1.71 bits per heavy atom. The van der Waals surface area contributed by atoms with Gasteiger partial charge in [-0.3, -0.25) is 13.6 Å².